The van der Waals surface area contributed by atoms with E-state index in [9.17, 15) is 4.79 Å². The summed E-state index contributed by atoms with van der Waals surface area (Å²) in [5, 5.41) is 13.3. The number of methoxy groups -OCH3 is 1. The van der Waals surface area contributed by atoms with Crippen molar-refractivity contribution in [1.82, 2.24) is 15.5 Å². The number of aliphatic imine (C=N–C) groups is 1. The van der Waals surface area contributed by atoms with Crippen LogP contribution in [0.5, 0.6) is 5.75 Å². The molecule has 0 aromatic heterocycles. The van der Waals surface area contributed by atoms with Crippen molar-refractivity contribution in [3.05, 3.63) is 89.7 Å². The third-order valence-corrected chi connectivity index (χ3v) is 8.42. The molecule has 47 heavy (non-hydrogen) atoms. The Morgan fingerprint density at radius 2 is 1.79 bits per heavy atom. The number of hydrogen-bond donors (Lipinski definition) is 4. The number of ether oxygens (including phenoxy) is 3. The van der Waals surface area contributed by atoms with E-state index in [1.165, 1.54) is 17.8 Å². The summed E-state index contributed by atoms with van der Waals surface area (Å²) in [4.78, 5) is 21.3. The molecular formula is C35H42FN7O4. The second-order valence-corrected chi connectivity index (χ2v) is 11.8. The second-order valence-electron chi connectivity index (χ2n) is 11.8. The van der Waals surface area contributed by atoms with E-state index in [-0.39, 0.29) is 11.7 Å². The molecule has 4 aliphatic rings. The normalized spacial score (nSPS) is 21.3. The molecule has 2 fully saturated rings. The highest BCUT2D eigenvalue weighted by Crippen LogP contribution is 2.33. The van der Waals surface area contributed by atoms with Gasteiger partial charge in [0.2, 0.25) is 5.91 Å². The maximum atomic E-state index is 15.4. The number of halogens is 1. The van der Waals surface area contributed by atoms with Crippen molar-refractivity contribution in [3.8, 4) is 5.75 Å². The number of anilines is 3. The summed E-state index contributed by atoms with van der Waals surface area (Å²) in [6.45, 7) is 11.3. The van der Waals surface area contributed by atoms with Gasteiger partial charge in [-0.15, -0.1) is 0 Å². The van der Waals surface area contributed by atoms with Crippen LogP contribution in [0.25, 0.3) is 5.70 Å². The SMILES string of the molecule is C=CC(=O)Nc1ccc(OC)c(C2=C(Nc3ccc(N4CCOCC4)c(F)c3)C=NC(NC3=CC(N4CCOCC4)=CC(C)C3)N2)c1. The number of nitrogens with zero attached hydrogens (tertiary/aromatic N) is 3. The Balaban J connectivity index is 1.30. The molecule has 0 bridgehead atoms. The molecule has 2 saturated heterocycles. The van der Waals surface area contributed by atoms with Crippen molar-refractivity contribution in [3.63, 3.8) is 0 Å². The number of amides is 1. The highest BCUT2D eigenvalue weighted by molar-refractivity contribution is 6.00. The van der Waals surface area contributed by atoms with Crippen LogP contribution in [0.15, 0.2) is 83.3 Å². The van der Waals surface area contributed by atoms with Crippen molar-refractivity contribution in [2.24, 2.45) is 10.9 Å². The lowest BCUT2D eigenvalue weighted by atomic mass is 9.97. The molecule has 0 saturated carbocycles. The van der Waals surface area contributed by atoms with E-state index in [0.717, 1.165) is 25.2 Å². The predicted octanol–water partition coefficient (Wildman–Crippen LogP) is 4.26. The highest BCUT2D eigenvalue weighted by atomic mass is 19.1. The molecule has 2 aromatic carbocycles. The van der Waals surface area contributed by atoms with E-state index in [0.29, 0.717) is 85.2 Å². The lowest BCUT2D eigenvalue weighted by Gasteiger charge is -2.34. The van der Waals surface area contributed by atoms with Gasteiger partial charge in [-0.1, -0.05) is 19.6 Å². The fraction of sp³-hybridized carbons (Fsp3) is 0.371. The molecule has 0 radical (unpaired) electrons. The van der Waals surface area contributed by atoms with Crippen LogP contribution in [0.4, 0.5) is 21.5 Å². The first-order valence-electron chi connectivity index (χ1n) is 16.0. The first-order chi connectivity index (χ1) is 22.9. The first-order valence-corrected chi connectivity index (χ1v) is 16.0. The molecule has 1 aliphatic carbocycles. The predicted molar refractivity (Wildman–Crippen MR) is 183 cm³/mol. The van der Waals surface area contributed by atoms with Crippen LogP contribution < -0.4 is 30.9 Å². The number of hydrogen-bond acceptors (Lipinski definition) is 10. The molecule has 2 atom stereocenters. The van der Waals surface area contributed by atoms with Crippen LogP contribution in [0.3, 0.4) is 0 Å². The summed E-state index contributed by atoms with van der Waals surface area (Å²) in [5.41, 5.74) is 5.86. The summed E-state index contributed by atoms with van der Waals surface area (Å²) >= 11 is 0. The Morgan fingerprint density at radius 1 is 1.06 bits per heavy atom. The molecule has 2 aromatic rings. The zero-order valence-corrected chi connectivity index (χ0v) is 26.9. The van der Waals surface area contributed by atoms with E-state index in [4.69, 9.17) is 19.2 Å². The van der Waals surface area contributed by atoms with Gasteiger partial charge >= 0.3 is 0 Å². The van der Waals surface area contributed by atoms with Crippen molar-refractivity contribution in [1.29, 1.82) is 0 Å². The van der Waals surface area contributed by atoms with Crippen LogP contribution in [0.1, 0.15) is 18.9 Å². The number of carbonyl (C=O) groups excluding carboxylic acids is 1. The fourth-order valence-electron chi connectivity index (χ4n) is 6.11. The molecular weight excluding hydrogens is 601 g/mol. The summed E-state index contributed by atoms with van der Waals surface area (Å²) in [6.07, 6.45) is 7.78. The van der Waals surface area contributed by atoms with Gasteiger partial charge in [0.15, 0.2) is 6.29 Å². The van der Waals surface area contributed by atoms with Crippen molar-refractivity contribution in [2.45, 2.75) is 19.6 Å². The number of morpholine rings is 2. The molecule has 3 aliphatic heterocycles. The average molecular weight is 644 g/mol. The minimum absolute atomic E-state index is 0.325. The molecule has 6 rings (SSSR count). The van der Waals surface area contributed by atoms with Crippen molar-refractivity contribution >= 4 is 34.9 Å². The average Bonchev–Trinajstić information content (AvgIpc) is 3.09. The van der Waals surface area contributed by atoms with Gasteiger partial charge in [0.05, 0.1) is 56.8 Å². The third kappa shape index (κ3) is 7.78. The molecule has 4 N–H and O–H groups in total. The van der Waals surface area contributed by atoms with Crippen molar-refractivity contribution < 1.29 is 23.4 Å². The Labute approximate surface area is 274 Å². The number of carbonyl (C=O) groups is 1. The minimum Gasteiger partial charge on any atom is -0.496 e. The Kier molecular flexibility index (Phi) is 10.1. The van der Waals surface area contributed by atoms with Gasteiger partial charge in [-0.2, -0.15) is 0 Å². The molecule has 0 spiro atoms. The smallest absolute Gasteiger partial charge is 0.247 e. The van der Waals surface area contributed by atoms with Crippen LogP contribution in [0, 0.1) is 11.7 Å². The summed E-state index contributed by atoms with van der Waals surface area (Å²) < 4.78 is 32.1. The molecule has 11 nitrogen and oxygen atoms in total. The van der Waals surface area contributed by atoms with E-state index in [1.807, 2.05) is 17.0 Å². The van der Waals surface area contributed by atoms with Gasteiger partial charge in [0, 0.05) is 54.5 Å². The molecule has 2 unspecified atom stereocenters. The highest BCUT2D eigenvalue weighted by Gasteiger charge is 2.25. The number of allylic oxidation sites excluding steroid dienone is 4. The fourth-order valence-corrected chi connectivity index (χ4v) is 6.11. The zero-order valence-electron chi connectivity index (χ0n) is 26.9. The topological polar surface area (TPSA) is 112 Å². The maximum Gasteiger partial charge on any atom is 0.247 e. The second kappa shape index (κ2) is 14.7. The van der Waals surface area contributed by atoms with Gasteiger partial charge < -0.3 is 45.3 Å². The molecule has 248 valence electrons. The van der Waals surface area contributed by atoms with Gasteiger partial charge in [0.1, 0.15) is 11.6 Å². The Morgan fingerprint density at radius 3 is 2.49 bits per heavy atom. The van der Waals surface area contributed by atoms with Gasteiger partial charge in [-0.25, -0.2) is 9.38 Å². The summed E-state index contributed by atoms with van der Waals surface area (Å²) in [6, 6.07) is 10.5. The third-order valence-electron chi connectivity index (χ3n) is 8.42. The van der Waals surface area contributed by atoms with Crippen LogP contribution >= 0.6 is 0 Å². The quantitative estimate of drug-likeness (QED) is 0.282. The van der Waals surface area contributed by atoms with Gasteiger partial charge in [-0.3, -0.25) is 4.79 Å². The lowest BCUT2D eigenvalue weighted by Crippen LogP contribution is -2.43. The van der Waals surface area contributed by atoms with Crippen LogP contribution in [-0.2, 0) is 14.3 Å². The lowest BCUT2D eigenvalue weighted by molar-refractivity contribution is -0.111. The van der Waals surface area contributed by atoms with E-state index in [2.05, 4.69) is 51.8 Å². The summed E-state index contributed by atoms with van der Waals surface area (Å²) in [5.74, 6) is 0.271. The minimum atomic E-state index is -0.505. The van der Waals surface area contributed by atoms with Crippen LogP contribution in [-0.4, -0.2) is 83.0 Å². The van der Waals surface area contributed by atoms with E-state index in [1.54, 1.807) is 31.5 Å². The molecule has 1 amide bonds. The summed E-state index contributed by atoms with van der Waals surface area (Å²) in [7, 11) is 1.59. The van der Waals surface area contributed by atoms with E-state index >= 15 is 4.39 Å². The largest absolute Gasteiger partial charge is 0.496 e. The number of benzene rings is 2. The molecule has 3 heterocycles. The first kappa shape index (κ1) is 32.1. The maximum absolute atomic E-state index is 15.4. The molecule has 12 heteroatoms. The Hall–Kier alpha value is -4.81. The number of rotatable bonds is 10. The van der Waals surface area contributed by atoms with Gasteiger partial charge in [0.25, 0.3) is 0 Å². The van der Waals surface area contributed by atoms with Crippen LogP contribution in [0.2, 0.25) is 0 Å². The van der Waals surface area contributed by atoms with E-state index < -0.39 is 6.29 Å². The zero-order chi connectivity index (χ0) is 32.8. The monoisotopic (exact) mass is 643 g/mol. The van der Waals surface area contributed by atoms with Gasteiger partial charge in [-0.05, 0) is 60.9 Å². The standard InChI is InChI=1S/C35H42FN7O4/c1-4-33(44)39-24-6-8-32(45-3)28(20-24)34-30(38-25-5-7-31(29(36)21-25)43-11-15-47-16-12-43)22-37-35(41-34)40-26-17-23(2)18-27(19-26)42-9-13-46-14-10-42/h4-8,18-23,35,38,40-41H,1,9-17H2,2-3H3,(H,39,44). The Bertz CT molecular complexity index is 1610. The number of nitrogens with one attached hydrogen (secondary N) is 4. The van der Waals surface area contributed by atoms with Crippen molar-refractivity contribution in [2.75, 3.05) is 75.2 Å².